The number of hydrogen-bond donors (Lipinski definition) is 1. The number of aryl methyl sites for hydroxylation is 1. The Morgan fingerprint density at radius 1 is 1.60 bits per heavy atom. The van der Waals surface area contributed by atoms with Crippen molar-refractivity contribution in [2.75, 3.05) is 5.32 Å². The summed E-state index contributed by atoms with van der Waals surface area (Å²) in [5.41, 5.74) is 2.30. The highest BCUT2D eigenvalue weighted by Crippen LogP contribution is 2.29. The van der Waals surface area contributed by atoms with Gasteiger partial charge in [-0.1, -0.05) is 6.92 Å². The molecule has 0 aromatic heterocycles. The molecule has 2 rings (SSSR count). The van der Waals surface area contributed by atoms with Gasteiger partial charge >= 0.3 is 0 Å². The molecule has 1 unspecified atom stereocenters. The average molecular weight is 206 g/mol. The van der Waals surface area contributed by atoms with Crippen LogP contribution in [0.2, 0.25) is 0 Å². The minimum absolute atomic E-state index is 0.186. The van der Waals surface area contributed by atoms with Gasteiger partial charge in [-0.15, -0.1) is 0 Å². The summed E-state index contributed by atoms with van der Waals surface area (Å²) in [5.74, 6) is 0. The summed E-state index contributed by atoms with van der Waals surface area (Å²) >= 11 is 0. The van der Waals surface area contributed by atoms with Crippen LogP contribution in [-0.2, 0) is 6.42 Å². The van der Waals surface area contributed by atoms with E-state index in [9.17, 15) is 10.1 Å². The van der Waals surface area contributed by atoms with E-state index >= 15 is 0 Å². The van der Waals surface area contributed by atoms with Gasteiger partial charge in [0.05, 0.1) is 4.92 Å². The van der Waals surface area contributed by atoms with Crippen molar-refractivity contribution in [3.63, 3.8) is 0 Å². The van der Waals surface area contributed by atoms with Gasteiger partial charge in [-0.25, -0.2) is 0 Å². The molecule has 0 radical (unpaired) electrons. The average Bonchev–Trinajstić information content (AvgIpc) is 2.27. The minimum Gasteiger partial charge on any atom is -0.382 e. The maximum absolute atomic E-state index is 10.6. The highest BCUT2D eigenvalue weighted by molar-refractivity contribution is 5.58. The van der Waals surface area contributed by atoms with E-state index in [0.29, 0.717) is 6.04 Å². The van der Waals surface area contributed by atoms with Crippen molar-refractivity contribution in [1.29, 1.82) is 0 Å². The number of nitro groups is 1. The van der Waals surface area contributed by atoms with Gasteiger partial charge in [0, 0.05) is 23.9 Å². The zero-order valence-electron chi connectivity index (χ0n) is 8.69. The molecular formula is C11H14N2O2. The molecule has 1 aliphatic heterocycles. The number of benzene rings is 1. The van der Waals surface area contributed by atoms with Crippen LogP contribution in [0.25, 0.3) is 0 Å². The number of non-ortho nitro benzene ring substituents is 1. The molecule has 1 aliphatic rings. The summed E-state index contributed by atoms with van der Waals surface area (Å²) in [7, 11) is 0. The number of nitro benzene ring substituents is 1. The lowest BCUT2D eigenvalue weighted by molar-refractivity contribution is -0.384. The van der Waals surface area contributed by atoms with Crippen LogP contribution in [0.1, 0.15) is 25.3 Å². The molecule has 1 heterocycles. The Kier molecular flexibility index (Phi) is 2.58. The second-order valence-corrected chi connectivity index (χ2v) is 3.89. The molecule has 0 aliphatic carbocycles. The van der Waals surface area contributed by atoms with Crippen LogP contribution >= 0.6 is 0 Å². The van der Waals surface area contributed by atoms with Crippen LogP contribution in [0.4, 0.5) is 11.4 Å². The van der Waals surface area contributed by atoms with Crippen LogP contribution in [0.3, 0.4) is 0 Å². The Balaban J connectivity index is 2.28. The van der Waals surface area contributed by atoms with Gasteiger partial charge in [0.2, 0.25) is 0 Å². The molecule has 1 atom stereocenters. The van der Waals surface area contributed by atoms with E-state index in [-0.39, 0.29) is 10.6 Å². The van der Waals surface area contributed by atoms with Crippen molar-refractivity contribution >= 4 is 11.4 Å². The molecule has 1 aromatic carbocycles. The van der Waals surface area contributed by atoms with Gasteiger partial charge in [0.25, 0.3) is 5.69 Å². The van der Waals surface area contributed by atoms with Gasteiger partial charge in [0.15, 0.2) is 0 Å². The first-order valence-electron chi connectivity index (χ1n) is 5.24. The lowest BCUT2D eigenvalue weighted by Crippen LogP contribution is -2.24. The van der Waals surface area contributed by atoms with Crippen LogP contribution in [-0.4, -0.2) is 11.0 Å². The van der Waals surface area contributed by atoms with E-state index in [2.05, 4.69) is 12.2 Å². The smallest absolute Gasteiger partial charge is 0.269 e. The topological polar surface area (TPSA) is 55.2 Å². The Morgan fingerprint density at radius 2 is 2.40 bits per heavy atom. The highest BCUT2D eigenvalue weighted by atomic mass is 16.6. The zero-order chi connectivity index (χ0) is 10.8. The van der Waals surface area contributed by atoms with Crippen molar-refractivity contribution < 1.29 is 4.92 Å². The SMILES string of the molecule is CCC1CCc2cc([N+](=O)[O-])ccc2N1. The Hall–Kier alpha value is -1.58. The Bertz CT molecular complexity index is 390. The molecule has 0 bridgehead atoms. The lowest BCUT2D eigenvalue weighted by atomic mass is 9.96. The Labute approximate surface area is 88.5 Å². The quantitative estimate of drug-likeness (QED) is 0.598. The van der Waals surface area contributed by atoms with E-state index in [1.54, 1.807) is 12.1 Å². The third-order valence-electron chi connectivity index (χ3n) is 2.91. The van der Waals surface area contributed by atoms with Gasteiger partial charge in [-0.2, -0.15) is 0 Å². The molecule has 0 saturated carbocycles. The predicted octanol–water partition coefficient (Wildman–Crippen LogP) is 2.73. The van der Waals surface area contributed by atoms with E-state index in [1.807, 2.05) is 6.07 Å². The third kappa shape index (κ3) is 1.93. The summed E-state index contributed by atoms with van der Waals surface area (Å²) in [6.45, 7) is 2.15. The van der Waals surface area contributed by atoms with E-state index in [4.69, 9.17) is 0 Å². The fourth-order valence-corrected chi connectivity index (χ4v) is 1.97. The van der Waals surface area contributed by atoms with Crippen molar-refractivity contribution in [3.8, 4) is 0 Å². The molecule has 15 heavy (non-hydrogen) atoms. The molecule has 0 spiro atoms. The summed E-state index contributed by atoms with van der Waals surface area (Å²) < 4.78 is 0. The summed E-state index contributed by atoms with van der Waals surface area (Å²) in [6.07, 6.45) is 3.09. The molecule has 4 nitrogen and oxygen atoms in total. The monoisotopic (exact) mass is 206 g/mol. The van der Waals surface area contributed by atoms with Gasteiger partial charge in [0.1, 0.15) is 0 Å². The number of hydrogen-bond acceptors (Lipinski definition) is 3. The minimum atomic E-state index is -0.341. The zero-order valence-corrected chi connectivity index (χ0v) is 8.69. The molecule has 1 N–H and O–H groups in total. The first kappa shape index (κ1) is 9.96. The molecule has 0 fully saturated rings. The number of nitrogens with zero attached hydrogens (tertiary/aromatic N) is 1. The van der Waals surface area contributed by atoms with Crippen molar-refractivity contribution in [1.82, 2.24) is 0 Å². The van der Waals surface area contributed by atoms with Gasteiger partial charge in [-0.05, 0) is 30.9 Å². The van der Waals surface area contributed by atoms with Crippen LogP contribution in [0.15, 0.2) is 18.2 Å². The first-order chi connectivity index (χ1) is 7.20. The molecule has 0 amide bonds. The number of fused-ring (bicyclic) bond motifs is 1. The van der Waals surface area contributed by atoms with Gasteiger partial charge in [-0.3, -0.25) is 10.1 Å². The van der Waals surface area contributed by atoms with E-state index < -0.39 is 0 Å². The van der Waals surface area contributed by atoms with Crippen LogP contribution in [0.5, 0.6) is 0 Å². The van der Waals surface area contributed by atoms with Crippen LogP contribution in [0, 0.1) is 10.1 Å². The number of nitrogens with one attached hydrogen (secondary N) is 1. The summed E-state index contributed by atoms with van der Waals surface area (Å²) in [4.78, 5) is 10.3. The first-order valence-corrected chi connectivity index (χ1v) is 5.24. The normalized spacial score (nSPS) is 19.1. The van der Waals surface area contributed by atoms with Crippen LogP contribution < -0.4 is 5.32 Å². The molecule has 80 valence electrons. The lowest BCUT2D eigenvalue weighted by Gasteiger charge is -2.25. The largest absolute Gasteiger partial charge is 0.382 e. The van der Waals surface area contributed by atoms with Crippen molar-refractivity contribution in [2.45, 2.75) is 32.2 Å². The van der Waals surface area contributed by atoms with Gasteiger partial charge < -0.3 is 5.32 Å². The molecule has 1 aromatic rings. The maximum atomic E-state index is 10.6. The van der Waals surface area contributed by atoms with Crippen molar-refractivity contribution in [2.24, 2.45) is 0 Å². The predicted molar refractivity (Wildman–Crippen MR) is 59.1 cm³/mol. The molecule has 4 heteroatoms. The Morgan fingerprint density at radius 3 is 3.07 bits per heavy atom. The molecular weight excluding hydrogens is 192 g/mol. The number of anilines is 1. The van der Waals surface area contributed by atoms with E-state index in [0.717, 1.165) is 30.5 Å². The second-order valence-electron chi connectivity index (χ2n) is 3.89. The van der Waals surface area contributed by atoms with E-state index in [1.165, 1.54) is 0 Å². The summed E-state index contributed by atoms with van der Waals surface area (Å²) in [6, 6.07) is 5.56. The fraction of sp³-hybridized carbons (Fsp3) is 0.455. The third-order valence-corrected chi connectivity index (χ3v) is 2.91. The molecule has 0 saturated heterocycles. The fourth-order valence-electron chi connectivity index (χ4n) is 1.97. The maximum Gasteiger partial charge on any atom is 0.269 e. The standard InChI is InChI=1S/C11H14N2O2/c1-2-9-4-3-8-7-10(13(14)15)5-6-11(8)12-9/h5-7,9,12H,2-4H2,1H3. The van der Waals surface area contributed by atoms with Crippen molar-refractivity contribution in [3.05, 3.63) is 33.9 Å². The summed E-state index contributed by atoms with van der Waals surface area (Å²) in [5, 5.41) is 14.0. The highest BCUT2D eigenvalue weighted by Gasteiger charge is 2.18. The second kappa shape index (κ2) is 3.88. The number of rotatable bonds is 2.